The lowest BCUT2D eigenvalue weighted by molar-refractivity contribution is 0.233. The Bertz CT molecular complexity index is 383. The Morgan fingerprint density at radius 2 is 1.90 bits per heavy atom. The zero-order valence-corrected chi connectivity index (χ0v) is 13.3. The topological polar surface area (TPSA) is 6.48 Å². The van der Waals surface area contributed by atoms with E-state index in [1.54, 1.807) is 0 Å². The SMILES string of the molecule is CCCCN(CCN1CCCCC1)c1cccc(C)c1. The summed E-state index contributed by atoms with van der Waals surface area (Å²) in [7, 11) is 0. The number of anilines is 1. The van der Waals surface area contributed by atoms with Crippen LogP contribution in [-0.2, 0) is 0 Å². The van der Waals surface area contributed by atoms with Gasteiger partial charge in [0.25, 0.3) is 0 Å². The van der Waals surface area contributed by atoms with Gasteiger partial charge in [0, 0.05) is 25.3 Å². The van der Waals surface area contributed by atoms with Crippen LogP contribution in [0.15, 0.2) is 24.3 Å². The zero-order chi connectivity index (χ0) is 14.2. The Labute approximate surface area is 124 Å². The molecule has 0 amide bonds. The number of piperidine rings is 1. The molecular weight excluding hydrogens is 244 g/mol. The van der Waals surface area contributed by atoms with Crippen molar-refractivity contribution < 1.29 is 0 Å². The van der Waals surface area contributed by atoms with E-state index in [9.17, 15) is 0 Å². The molecule has 1 aromatic rings. The van der Waals surface area contributed by atoms with E-state index in [1.165, 1.54) is 76.1 Å². The van der Waals surface area contributed by atoms with Crippen LogP contribution in [0.1, 0.15) is 44.6 Å². The van der Waals surface area contributed by atoms with Crippen LogP contribution in [0.2, 0.25) is 0 Å². The van der Waals surface area contributed by atoms with Gasteiger partial charge >= 0.3 is 0 Å². The molecule has 1 aliphatic rings. The molecule has 1 aromatic carbocycles. The smallest absolute Gasteiger partial charge is 0.0369 e. The van der Waals surface area contributed by atoms with Crippen molar-refractivity contribution >= 4 is 5.69 Å². The lowest BCUT2D eigenvalue weighted by atomic mass is 10.1. The van der Waals surface area contributed by atoms with Crippen molar-refractivity contribution in [3.63, 3.8) is 0 Å². The normalized spacial score (nSPS) is 16.3. The number of unbranched alkanes of at least 4 members (excludes halogenated alkanes) is 1. The third-order valence-electron chi connectivity index (χ3n) is 4.28. The average molecular weight is 274 g/mol. The van der Waals surface area contributed by atoms with E-state index < -0.39 is 0 Å². The van der Waals surface area contributed by atoms with Gasteiger partial charge in [-0.25, -0.2) is 0 Å². The van der Waals surface area contributed by atoms with E-state index in [0.717, 1.165) is 0 Å². The van der Waals surface area contributed by atoms with Crippen molar-refractivity contribution in [1.82, 2.24) is 4.90 Å². The molecule has 2 heteroatoms. The van der Waals surface area contributed by atoms with Crippen LogP contribution in [0, 0.1) is 6.92 Å². The predicted molar refractivity (Wildman–Crippen MR) is 88.6 cm³/mol. The molecule has 1 heterocycles. The first-order valence-electron chi connectivity index (χ1n) is 8.33. The molecule has 2 rings (SSSR count). The minimum absolute atomic E-state index is 1.17. The highest BCUT2D eigenvalue weighted by Gasteiger charge is 2.12. The van der Waals surface area contributed by atoms with Gasteiger partial charge in [0.05, 0.1) is 0 Å². The lowest BCUT2D eigenvalue weighted by Crippen LogP contribution is -2.38. The van der Waals surface area contributed by atoms with Crippen molar-refractivity contribution in [2.45, 2.75) is 46.0 Å². The van der Waals surface area contributed by atoms with Crippen LogP contribution in [0.5, 0.6) is 0 Å². The fourth-order valence-corrected chi connectivity index (χ4v) is 2.99. The van der Waals surface area contributed by atoms with Gasteiger partial charge in [-0.1, -0.05) is 31.9 Å². The Balaban J connectivity index is 1.92. The standard InChI is InChI=1S/C18H30N2/c1-3-4-13-20(18-10-8-9-17(2)16-18)15-14-19-11-6-5-7-12-19/h8-10,16H,3-7,11-15H2,1-2H3. The Morgan fingerprint density at radius 1 is 1.10 bits per heavy atom. The summed E-state index contributed by atoms with van der Waals surface area (Å²) in [5.74, 6) is 0. The van der Waals surface area contributed by atoms with Gasteiger partial charge in [0.2, 0.25) is 0 Å². The molecule has 0 bridgehead atoms. The highest BCUT2D eigenvalue weighted by Crippen LogP contribution is 2.17. The molecular formula is C18H30N2. The highest BCUT2D eigenvalue weighted by atomic mass is 15.2. The van der Waals surface area contributed by atoms with Gasteiger partial charge in [-0.15, -0.1) is 0 Å². The fourth-order valence-electron chi connectivity index (χ4n) is 2.99. The highest BCUT2D eigenvalue weighted by molar-refractivity contribution is 5.48. The summed E-state index contributed by atoms with van der Waals surface area (Å²) in [6, 6.07) is 8.96. The molecule has 1 saturated heterocycles. The number of likely N-dealkylation sites (tertiary alicyclic amines) is 1. The summed E-state index contributed by atoms with van der Waals surface area (Å²) in [6.45, 7) is 10.6. The largest absolute Gasteiger partial charge is 0.370 e. The molecule has 1 fully saturated rings. The van der Waals surface area contributed by atoms with Gasteiger partial charge in [-0.3, -0.25) is 0 Å². The van der Waals surface area contributed by atoms with Gasteiger partial charge < -0.3 is 9.80 Å². The average Bonchev–Trinajstić information content (AvgIpc) is 2.48. The molecule has 0 N–H and O–H groups in total. The molecule has 0 atom stereocenters. The molecule has 0 unspecified atom stereocenters. The second-order valence-electron chi connectivity index (χ2n) is 6.08. The first kappa shape index (κ1) is 15.4. The molecule has 112 valence electrons. The second-order valence-corrected chi connectivity index (χ2v) is 6.08. The first-order valence-corrected chi connectivity index (χ1v) is 8.33. The molecule has 20 heavy (non-hydrogen) atoms. The maximum absolute atomic E-state index is 2.64. The van der Waals surface area contributed by atoms with Gasteiger partial charge in [0.1, 0.15) is 0 Å². The zero-order valence-electron chi connectivity index (χ0n) is 13.3. The van der Waals surface area contributed by atoms with E-state index in [1.807, 2.05) is 0 Å². The fraction of sp³-hybridized carbons (Fsp3) is 0.667. The molecule has 1 aliphatic heterocycles. The molecule has 2 nitrogen and oxygen atoms in total. The van der Waals surface area contributed by atoms with Crippen LogP contribution in [-0.4, -0.2) is 37.6 Å². The predicted octanol–water partition coefficient (Wildman–Crippen LogP) is 4.09. The number of nitrogens with zero attached hydrogens (tertiary/aromatic N) is 2. The quantitative estimate of drug-likeness (QED) is 0.739. The summed E-state index contributed by atoms with van der Waals surface area (Å²) in [6.07, 6.45) is 6.76. The van der Waals surface area contributed by atoms with Crippen LogP contribution in [0.4, 0.5) is 5.69 Å². The Morgan fingerprint density at radius 3 is 2.60 bits per heavy atom. The Kier molecular flexibility index (Phi) is 6.38. The van der Waals surface area contributed by atoms with Gasteiger partial charge in [-0.05, 0) is 57.0 Å². The number of hydrogen-bond acceptors (Lipinski definition) is 2. The van der Waals surface area contributed by atoms with E-state index in [4.69, 9.17) is 0 Å². The van der Waals surface area contributed by atoms with Gasteiger partial charge in [0.15, 0.2) is 0 Å². The first-order chi connectivity index (χ1) is 9.79. The molecule has 0 radical (unpaired) electrons. The third-order valence-corrected chi connectivity index (χ3v) is 4.28. The van der Waals surface area contributed by atoms with E-state index >= 15 is 0 Å². The molecule has 0 aromatic heterocycles. The Hall–Kier alpha value is -1.02. The number of rotatable bonds is 7. The van der Waals surface area contributed by atoms with Crippen LogP contribution in [0.25, 0.3) is 0 Å². The molecule has 0 aliphatic carbocycles. The molecule has 0 spiro atoms. The monoisotopic (exact) mass is 274 g/mol. The molecule has 0 saturated carbocycles. The van der Waals surface area contributed by atoms with E-state index in [-0.39, 0.29) is 0 Å². The minimum Gasteiger partial charge on any atom is -0.370 e. The summed E-state index contributed by atoms with van der Waals surface area (Å²) in [5, 5.41) is 0. The number of aryl methyl sites for hydroxylation is 1. The van der Waals surface area contributed by atoms with Crippen LogP contribution >= 0.6 is 0 Å². The van der Waals surface area contributed by atoms with E-state index in [0.29, 0.717) is 0 Å². The van der Waals surface area contributed by atoms with Crippen molar-refractivity contribution in [2.24, 2.45) is 0 Å². The van der Waals surface area contributed by atoms with E-state index in [2.05, 4.69) is 47.9 Å². The minimum atomic E-state index is 1.17. The van der Waals surface area contributed by atoms with Crippen molar-refractivity contribution in [3.05, 3.63) is 29.8 Å². The second kappa shape index (κ2) is 8.31. The summed E-state index contributed by atoms with van der Waals surface area (Å²) in [5.41, 5.74) is 2.76. The van der Waals surface area contributed by atoms with Crippen LogP contribution < -0.4 is 4.90 Å². The summed E-state index contributed by atoms with van der Waals surface area (Å²) in [4.78, 5) is 5.21. The van der Waals surface area contributed by atoms with Gasteiger partial charge in [-0.2, -0.15) is 0 Å². The summed E-state index contributed by atoms with van der Waals surface area (Å²) < 4.78 is 0. The maximum atomic E-state index is 2.64. The lowest BCUT2D eigenvalue weighted by Gasteiger charge is -2.31. The van der Waals surface area contributed by atoms with Crippen molar-refractivity contribution in [2.75, 3.05) is 37.6 Å². The number of hydrogen-bond donors (Lipinski definition) is 0. The maximum Gasteiger partial charge on any atom is 0.0369 e. The summed E-state index contributed by atoms with van der Waals surface area (Å²) >= 11 is 0. The van der Waals surface area contributed by atoms with Crippen molar-refractivity contribution in [1.29, 1.82) is 0 Å². The van der Waals surface area contributed by atoms with Crippen molar-refractivity contribution in [3.8, 4) is 0 Å². The third kappa shape index (κ3) is 4.82. The number of benzene rings is 1. The van der Waals surface area contributed by atoms with Crippen LogP contribution in [0.3, 0.4) is 0 Å².